The number of benzene rings is 2. The third-order valence-electron chi connectivity index (χ3n) is 4.83. The number of ether oxygens (including phenoxy) is 2. The fourth-order valence-electron chi connectivity index (χ4n) is 3.30. The van der Waals surface area contributed by atoms with E-state index in [9.17, 15) is 4.79 Å². The highest BCUT2D eigenvalue weighted by Gasteiger charge is 2.16. The molecule has 0 radical (unpaired) electrons. The van der Waals surface area contributed by atoms with Gasteiger partial charge in [-0.3, -0.25) is 4.79 Å². The summed E-state index contributed by atoms with van der Waals surface area (Å²) in [5, 5.41) is 3.57. The van der Waals surface area contributed by atoms with Crippen LogP contribution in [0.2, 0.25) is 5.02 Å². The van der Waals surface area contributed by atoms with Gasteiger partial charge in [0.25, 0.3) is 0 Å². The lowest BCUT2D eigenvalue weighted by molar-refractivity contribution is -0.120. The molecule has 2 heterocycles. The molecule has 158 valence electrons. The van der Waals surface area contributed by atoms with Gasteiger partial charge in [-0.2, -0.15) is 0 Å². The summed E-state index contributed by atoms with van der Waals surface area (Å²) in [5.74, 6) is 1.39. The average molecular weight is 436 g/mol. The molecule has 0 fully saturated rings. The molecule has 0 unspecified atom stereocenters. The molecule has 0 bridgehead atoms. The predicted molar refractivity (Wildman–Crippen MR) is 121 cm³/mol. The Bertz CT molecular complexity index is 1170. The molecule has 0 saturated heterocycles. The van der Waals surface area contributed by atoms with Crippen LogP contribution >= 0.6 is 11.6 Å². The third kappa shape index (κ3) is 4.98. The molecule has 31 heavy (non-hydrogen) atoms. The molecule has 4 rings (SSSR count). The van der Waals surface area contributed by atoms with Gasteiger partial charge in [0, 0.05) is 16.8 Å². The van der Waals surface area contributed by atoms with E-state index in [1.807, 2.05) is 77.3 Å². The van der Waals surface area contributed by atoms with Gasteiger partial charge < -0.3 is 19.2 Å². The maximum atomic E-state index is 12.6. The van der Waals surface area contributed by atoms with Gasteiger partial charge in [-0.15, -0.1) is 0 Å². The van der Waals surface area contributed by atoms with E-state index in [2.05, 4.69) is 5.32 Å². The number of hydrogen-bond donors (Lipinski definition) is 1. The van der Waals surface area contributed by atoms with Crippen LogP contribution in [0.4, 0.5) is 0 Å². The van der Waals surface area contributed by atoms with Crippen LogP contribution in [0.5, 0.6) is 11.5 Å². The largest absolute Gasteiger partial charge is 0.497 e. The van der Waals surface area contributed by atoms with E-state index in [1.165, 1.54) is 0 Å². The van der Waals surface area contributed by atoms with E-state index in [4.69, 9.17) is 26.1 Å². The quantitative estimate of drug-likeness (QED) is 0.416. The minimum absolute atomic E-state index is 0.0980. The smallest absolute Gasteiger partial charge is 0.226 e. The van der Waals surface area contributed by atoms with Gasteiger partial charge in [0.05, 0.1) is 31.5 Å². The number of fused-ring (bicyclic) bond motifs is 1. The number of pyridine rings is 1. The number of rotatable bonds is 8. The lowest BCUT2D eigenvalue weighted by Gasteiger charge is -2.09. The van der Waals surface area contributed by atoms with Gasteiger partial charge in [0.15, 0.2) is 0 Å². The van der Waals surface area contributed by atoms with Crippen molar-refractivity contribution in [1.29, 1.82) is 0 Å². The summed E-state index contributed by atoms with van der Waals surface area (Å²) in [6.07, 6.45) is 2.11. The number of carbonyl (C=O) groups excluding carboxylic acids is 1. The summed E-state index contributed by atoms with van der Waals surface area (Å²) in [4.78, 5) is 17.4. The van der Waals surface area contributed by atoms with Crippen LogP contribution in [0.25, 0.3) is 16.9 Å². The maximum absolute atomic E-state index is 12.6. The number of halogens is 1. The first-order valence-corrected chi connectivity index (χ1v) is 10.3. The second-order valence-corrected chi connectivity index (χ2v) is 7.33. The monoisotopic (exact) mass is 435 g/mol. The van der Waals surface area contributed by atoms with Crippen LogP contribution < -0.4 is 14.8 Å². The molecule has 1 N–H and O–H groups in total. The van der Waals surface area contributed by atoms with Gasteiger partial charge in [-0.1, -0.05) is 29.8 Å². The molecule has 0 saturated carbocycles. The van der Waals surface area contributed by atoms with Crippen molar-refractivity contribution in [2.75, 3.05) is 20.3 Å². The second-order valence-electron chi connectivity index (χ2n) is 6.89. The van der Waals surface area contributed by atoms with Crippen LogP contribution in [0.1, 0.15) is 5.69 Å². The molecule has 0 aliphatic carbocycles. The predicted octanol–water partition coefficient (Wildman–Crippen LogP) is 4.40. The van der Waals surface area contributed by atoms with Crippen molar-refractivity contribution < 1.29 is 14.3 Å². The lowest BCUT2D eigenvalue weighted by Crippen LogP contribution is -2.29. The molecule has 0 atom stereocenters. The minimum Gasteiger partial charge on any atom is -0.497 e. The van der Waals surface area contributed by atoms with E-state index in [0.717, 1.165) is 34.1 Å². The molecule has 7 heteroatoms. The zero-order chi connectivity index (χ0) is 21.6. The number of nitrogens with one attached hydrogen (secondary N) is 1. The molecule has 4 aromatic rings. The van der Waals surface area contributed by atoms with Gasteiger partial charge in [-0.05, 0) is 48.5 Å². The Hall–Kier alpha value is -3.51. The maximum Gasteiger partial charge on any atom is 0.226 e. The first-order chi connectivity index (χ1) is 15.1. The van der Waals surface area contributed by atoms with Gasteiger partial charge in [-0.25, -0.2) is 4.98 Å². The molecule has 0 spiro atoms. The van der Waals surface area contributed by atoms with Crippen molar-refractivity contribution in [3.63, 3.8) is 0 Å². The Labute approximate surface area is 185 Å². The summed E-state index contributed by atoms with van der Waals surface area (Å²) in [6.45, 7) is 0.771. The van der Waals surface area contributed by atoms with Crippen molar-refractivity contribution in [3.05, 3.63) is 83.6 Å². The number of hydrogen-bond acceptors (Lipinski definition) is 4. The fourth-order valence-corrected chi connectivity index (χ4v) is 3.43. The Balaban J connectivity index is 1.42. The van der Waals surface area contributed by atoms with Crippen LogP contribution in [0, 0.1) is 0 Å². The molecule has 2 aromatic carbocycles. The van der Waals surface area contributed by atoms with E-state index in [0.29, 0.717) is 18.2 Å². The fraction of sp³-hybridized carbons (Fsp3) is 0.167. The highest BCUT2D eigenvalue weighted by molar-refractivity contribution is 6.30. The average Bonchev–Trinajstić information content (AvgIpc) is 3.16. The molecule has 6 nitrogen and oxygen atoms in total. The highest BCUT2D eigenvalue weighted by Crippen LogP contribution is 2.26. The summed E-state index contributed by atoms with van der Waals surface area (Å²) >= 11 is 6.02. The van der Waals surface area contributed by atoms with Crippen LogP contribution in [-0.4, -0.2) is 35.6 Å². The zero-order valence-electron chi connectivity index (χ0n) is 17.0. The van der Waals surface area contributed by atoms with Crippen LogP contribution in [0.3, 0.4) is 0 Å². The standard InChI is InChI=1S/C24H22ClN3O3/c1-30-19-9-11-20(12-10-19)31-15-13-26-23(29)16-21-24(17-5-7-18(25)8-6-17)27-22-4-2-3-14-28(21)22/h2-12,14H,13,15-16H2,1H3,(H,26,29). The van der Waals surface area contributed by atoms with E-state index >= 15 is 0 Å². The minimum atomic E-state index is -0.0980. The Morgan fingerprint density at radius 2 is 1.77 bits per heavy atom. The van der Waals surface area contributed by atoms with Gasteiger partial charge >= 0.3 is 0 Å². The van der Waals surface area contributed by atoms with E-state index < -0.39 is 0 Å². The first kappa shape index (κ1) is 20.8. The Morgan fingerprint density at radius 3 is 2.52 bits per heavy atom. The molecule has 1 amide bonds. The number of amides is 1. The number of imidazole rings is 1. The molecular weight excluding hydrogens is 414 g/mol. The SMILES string of the molecule is COc1ccc(OCCNC(=O)Cc2c(-c3ccc(Cl)cc3)nc3ccccn23)cc1. The van der Waals surface area contributed by atoms with Crippen molar-refractivity contribution in [2.24, 2.45) is 0 Å². The van der Waals surface area contributed by atoms with Gasteiger partial charge in [0.2, 0.25) is 5.91 Å². The third-order valence-corrected chi connectivity index (χ3v) is 5.08. The summed E-state index contributed by atoms with van der Waals surface area (Å²) in [5.41, 5.74) is 3.30. The molecule has 0 aliphatic rings. The molecule has 0 aliphatic heterocycles. The zero-order valence-corrected chi connectivity index (χ0v) is 17.8. The number of carbonyl (C=O) groups is 1. The Kier molecular flexibility index (Phi) is 6.38. The van der Waals surface area contributed by atoms with Crippen LogP contribution in [-0.2, 0) is 11.2 Å². The first-order valence-electron chi connectivity index (χ1n) is 9.89. The second kappa shape index (κ2) is 9.53. The van der Waals surface area contributed by atoms with Crippen molar-refractivity contribution >= 4 is 23.2 Å². The van der Waals surface area contributed by atoms with Gasteiger partial charge in [0.1, 0.15) is 23.8 Å². The van der Waals surface area contributed by atoms with Crippen molar-refractivity contribution in [3.8, 4) is 22.8 Å². The van der Waals surface area contributed by atoms with Crippen molar-refractivity contribution in [2.45, 2.75) is 6.42 Å². The normalized spacial score (nSPS) is 10.8. The molecule has 2 aromatic heterocycles. The highest BCUT2D eigenvalue weighted by atomic mass is 35.5. The summed E-state index contributed by atoms with van der Waals surface area (Å²) in [7, 11) is 1.62. The van der Waals surface area contributed by atoms with E-state index in [1.54, 1.807) is 7.11 Å². The number of aromatic nitrogens is 2. The van der Waals surface area contributed by atoms with E-state index in [-0.39, 0.29) is 12.3 Å². The molecular formula is C24H22ClN3O3. The summed E-state index contributed by atoms with van der Waals surface area (Å²) < 4.78 is 12.7. The van der Waals surface area contributed by atoms with Crippen LogP contribution in [0.15, 0.2) is 72.9 Å². The summed E-state index contributed by atoms with van der Waals surface area (Å²) in [6, 6.07) is 20.6. The topological polar surface area (TPSA) is 64.9 Å². The Morgan fingerprint density at radius 1 is 1.03 bits per heavy atom. The lowest BCUT2D eigenvalue weighted by atomic mass is 10.1. The number of nitrogens with zero attached hydrogens (tertiary/aromatic N) is 2. The number of methoxy groups -OCH3 is 1. The van der Waals surface area contributed by atoms with Crippen molar-refractivity contribution in [1.82, 2.24) is 14.7 Å².